The van der Waals surface area contributed by atoms with E-state index in [9.17, 15) is 9.59 Å². The number of likely N-dealkylation sites (tertiary alicyclic amines) is 2. The molecule has 0 unspecified atom stereocenters. The van der Waals surface area contributed by atoms with E-state index in [0.29, 0.717) is 31.6 Å². The zero-order valence-corrected chi connectivity index (χ0v) is 14.9. The minimum atomic E-state index is -0.421. The predicted molar refractivity (Wildman–Crippen MR) is 90.9 cm³/mol. The number of nitrogens with zero attached hydrogens (tertiary/aromatic N) is 2. The molecule has 2 amide bonds. The summed E-state index contributed by atoms with van der Waals surface area (Å²) < 4.78 is 0. The van der Waals surface area contributed by atoms with Crippen molar-refractivity contribution in [3.05, 3.63) is 0 Å². The average Bonchev–Trinajstić information content (AvgIpc) is 2.84. The van der Waals surface area contributed by atoms with Crippen molar-refractivity contribution in [1.29, 1.82) is 0 Å². The van der Waals surface area contributed by atoms with Crippen LogP contribution in [0.4, 0.5) is 0 Å². The van der Waals surface area contributed by atoms with Gasteiger partial charge in [-0.2, -0.15) is 0 Å². The van der Waals surface area contributed by atoms with Crippen LogP contribution in [0.15, 0.2) is 0 Å². The number of carbonyl (C=O) groups excluding carboxylic acids is 2. The Bertz CT molecular complexity index is 430. The van der Waals surface area contributed by atoms with Crippen molar-refractivity contribution in [2.45, 2.75) is 83.6 Å². The van der Waals surface area contributed by atoms with Crippen LogP contribution in [0.1, 0.15) is 53.4 Å². The molecule has 0 bridgehead atoms. The molecule has 132 valence electrons. The second-order valence-corrected chi connectivity index (χ2v) is 7.52. The van der Waals surface area contributed by atoms with Crippen LogP contribution in [-0.4, -0.2) is 64.9 Å². The van der Waals surface area contributed by atoms with Crippen LogP contribution in [-0.2, 0) is 9.59 Å². The predicted octanol–water partition coefficient (Wildman–Crippen LogP) is 0.702. The lowest BCUT2D eigenvalue weighted by Gasteiger charge is -2.39. The Morgan fingerprint density at radius 1 is 1.22 bits per heavy atom. The molecule has 23 heavy (non-hydrogen) atoms. The number of nitrogens with one attached hydrogen (secondary N) is 1. The highest BCUT2D eigenvalue weighted by Crippen LogP contribution is 2.24. The summed E-state index contributed by atoms with van der Waals surface area (Å²) in [5.74, 6) is -0.0523. The number of hydrogen-bond donors (Lipinski definition) is 2. The number of hydrogen-bond acceptors (Lipinski definition) is 4. The molecule has 6 nitrogen and oxygen atoms in total. The van der Waals surface area contributed by atoms with Gasteiger partial charge in [0.05, 0.1) is 6.54 Å². The first kappa shape index (κ1) is 18.2. The molecule has 0 aliphatic carbocycles. The summed E-state index contributed by atoms with van der Waals surface area (Å²) in [6.07, 6.45) is 4.04. The van der Waals surface area contributed by atoms with Gasteiger partial charge in [0.15, 0.2) is 0 Å². The molecule has 3 N–H and O–H groups in total. The van der Waals surface area contributed by atoms with Crippen LogP contribution >= 0.6 is 0 Å². The second kappa shape index (κ2) is 7.62. The number of amides is 2. The lowest BCUT2D eigenvalue weighted by Crippen LogP contribution is -2.53. The maximum absolute atomic E-state index is 12.8. The van der Waals surface area contributed by atoms with Gasteiger partial charge in [0.25, 0.3) is 0 Å². The van der Waals surface area contributed by atoms with Crippen molar-refractivity contribution in [3.8, 4) is 0 Å². The highest BCUT2D eigenvalue weighted by Gasteiger charge is 2.39. The van der Waals surface area contributed by atoms with Crippen LogP contribution in [0.5, 0.6) is 0 Å². The largest absolute Gasteiger partial charge is 0.352 e. The number of carbonyl (C=O) groups is 2. The Morgan fingerprint density at radius 3 is 2.39 bits per heavy atom. The molecular weight excluding hydrogens is 292 g/mol. The summed E-state index contributed by atoms with van der Waals surface area (Å²) in [4.78, 5) is 29.1. The molecule has 0 aromatic carbocycles. The van der Waals surface area contributed by atoms with E-state index in [2.05, 4.69) is 24.1 Å². The van der Waals surface area contributed by atoms with Gasteiger partial charge in [-0.25, -0.2) is 0 Å². The van der Waals surface area contributed by atoms with E-state index in [1.807, 2.05) is 13.8 Å². The molecule has 4 atom stereocenters. The molecule has 2 fully saturated rings. The van der Waals surface area contributed by atoms with Crippen molar-refractivity contribution in [2.75, 3.05) is 13.1 Å². The zero-order valence-electron chi connectivity index (χ0n) is 14.9. The average molecular weight is 324 g/mol. The first-order valence-corrected chi connectivity index (χ1v) is 8.90. The molecule has 0 aromatic heterocycles. The van der Waals surface area contributed by atoms with E-state index in [0.717, 1.165) is 12.8 Å². The van der Waals surface area contributed by atoms with Crippen molar-refractivity contribution in [3.63, 3.8) is 0 Å². The first-order chi connectivity index (χ1) is 10.8. The lowest BCUT2D eigenvalue weighted by molar-refractivity contribution is -0.140. The van der Waals surface area contributed by atoms with Gasteiger partial charge in [-0.3, -0.25) is 14.5 Å². The van der Waals surface area contributed by atoms with Gasteiger partial charge in [-0.1, -0.05) is 6.42 Å². The summed E-state index contributed by atoms with van der Waals surface area (Å²) in [5.41, 5.74) is 6.02. The van der Waals surface area contributed by atoms with Gasteiger partial charge in [-0.15, -0.1) is 0 Å². The van der Waals surface area contributed by atoms with Crippen LogP contribution in [0.25, 0.3) is 0 Å². The van der Waals surface area contributed by atoms with Crippen LogP contribution < -0.4 is 11.1 Å². The molecule has 6 heteroatoms. The first-order valence-electron chi connectivity index (χ1n) is 8.90. The molecule has 2 aliphatic heterocycles. The summed E-state index contributed by atoms with van der Waals surface area (Å²) in [7, 11) is 0. The molecule has 2 saturated heterocycles. The summed E-state index contributed by atoms with van der Waals surface area (Å²) >= 11 is 0. The minimum Gasteiger partial charge on any atom is -0.352 e. The molecule has 0 spiro atoms. The third-order valence-electron chi connectivity index (χ3n) is 5.08. The topological polar surface area (TPSA) is 78.7 Å². The molecular formula is C17H32N4O2. The Hall–Kier alpha value is -1.14. The van der Waals surface area contributed by atoms with Gasteiger partial charge in [0, 0.05) is 30.7 Å². The summed E-state index contributed by atoms with van der Waals surface area (Å²) in [6, 6.07) is 0.371. The van der Waals surface area contributed by atoms with Crippen molar-refractivity contribution in [2.24, 2.45) is 5.73 Å². The van der Waals surface area contributed by atoms with E-state index in [1.54, 1.807) is 4.90 Å². The molecule has 2 aliphatic rings. The van der Waals surface area contributed by atoms with Crippen molar-refractivity contribution in [1.82, 2.24) is 15.1 Å². The molecule has 0 saturated carbocycles. The number of nitrogens with two attached hydrogens (primary N) is 1. The third-order valence-corrected chi connectivity index (χ3v) is 5.08. The quantitative estimate of drug-likeness (QED) is 0.798. The Morgan fingerprint density at radius 2 is 1.83 bits per heavy atom. The lowest BCUT2D eigenvalue weighted by atomic mass is 9.97. The second-order valence-electron chi connectivity index (χ2n) is 7.52. The van der Waals surface area contributed by atoms with Gasteiger partial charge in [0.2, 0.25) is 11.8 Å². The third kappa shape index (κ3) is 4.44. The van der Waals surface area contributed by atoms with Crippen LogP contribution in [0.3, 0.4) is 0 Å². The van der Waals surface area contributed by atoms with Gasteiger partial charge in [-0.05, 0) is 47.0 Å². The SMILES string of the molecule is CC(C)NC(=O)[C@@H]1C[C@H](N)CN1C(=O)CN1[C@H](C)CCC[C@@H]1C. The van der Waals surface area contributed by atoms with E-state index in [4.69, 9.17) is 5.73 Å². The fraction of sp³-hybridized carbons (Fsp3) is 0.882. The van der Waals surface area contributed by atoms with Crippen molar-refractivity contribution >= 4 is 11.8 Å². The van der Waals surface area contributed by atoms with Gasteiger partial charge < -0.3 is 16.0 Å². The smallest absolute Gasteiger partial charge is 0.243 e. The van der Waals surface area contributed by atoms with Crippen LogP contribution in [0, 0.1) is 0 Å². The fourth-order valence-electron chi connectivity index (χ4n) is 3.81. The Kier molecular flexibility index (Phi) is 6.03. The summed E-state index contributed by atoms with van der Waals surface area (Å²) in [5, 5.41) is 2.91. The maximum Gasteiger partial charge on any atom is 0.243 e. The highest BCUT2D eigenvalue weighted by molar-refractivity contribution is 5.89. The number of piperidine rings is 1. The minimum absolute atomic E-state index is 0.0301. The van der Waals surface area contributed by atoms with Crippen LogP contribution in [0.2, 0.25) is 0 Å². The Balaban J connectivity index is 2.02. The number of rotatable bonds is 4. The van der Waals surface area contributed by atoms with E-state index < -0.39 is 6.04 Å². The van der Waals surface area contributed by atoms with E-state index in [-0.39, 0.29) is 23.9 Å². The van der Waals surface area contributed by atoms with Gasteiger partial charge in [0.1, 0.15) is 6.04 Å². The zero-order chi connectivity index (χ0) is 17.1. The van der Waals surface area contributed by atoms with Crippen molar-refractivity contribution < 1.29 is 9.59 Å². The van der Waals surface area contributed by atoms with Gasteiger partial charge >= 0.3 is 0 Å². The monoisotopic (exact) mass is 324 g/mol. The molecule has 0 aromatic rings. The Labute approximate surface area is 139 Å². The fourth-order valence-corrected chi connectivity index (χ4v) is 3.81. The van der Waals surface area contributed by atoms with E-state index in [1.165, 1.54) is 6.42 Å². The normalized spacial score (nSPS) is 32.3. The molecule has 2 heterocycles. The molecule has 0 radical (unpaired) electrons. The summed E-state index contributed by atoms with van der Waals surface area (Å²) in [6.45, 7) is 9.08. The highest BCUT2D eigenvalue weighted by atomic mass is 16.2. The van der Waals surface area contributed by atoms with E-state index >= 15 is 0 Å². The molecule has 2 rings (SSSR count). The standard InChI is InChI=1S/C17H32N4O2/c1-11(2)19-17(23)15-8-14(18)9-21(15)16(22)10-20-12(3)6-5-7-13(20)4/h11-15H,5-10,18H2,1-4H3,(H,19,23)/t12-,13+,14-,15-/m0/s1. The maximum atomic E-state index is 12.8.